The Hall–Kier alpha value is -6.94. The van der Waals surface area contributed by atoms with Gasteiger partial charge < -0.3 is 9.32 Å². The summed E-state index contributed by atoms with van der Waals surface area (Å²) < 4.78 is 9.28. The lowest BCUT2D eigenvalue weighted by atomic mass is 9.97. The third-order valence-electron chi connectivity index (χ3n) is 10.9. The Labute approximate surface area is 322 Å². The molecule has 0 fully saturated rings. The average molecular weight is 720 g/mol. The van der Waals surface area contributed by atoms with Crippen LogP contribution in [0.3, 0.4) is 0 Å². The summed E-state index contributed by atoms with van der Waals surface area (Å²) in [6, 6.07) is 72.2. The Morgan fingerprint density at radius 2 is 0.964 bits per heavy atom. The number of hydrogen-bond acceptors (Lipinski definition) is 3. The molecule has 0 bridgehead atoms. The number of hydrogen-bond donors (Lipinski definition) is 0. The van der Waals surface area contributed by atoms with Crippen LogP contribution < -0.4 is 4.90 Å². The van der Waals surface area contributed by atoms with Crippen molar-refractivity contribution in [3.63, 3.8) is 0 Å². The first-order valence-electron chi connectivity index (χ1n) is 18.7. The molecule has 0 atom stereocenters. The van der Waals surface area contributed by atoms with Crippen molar-refractivity contribution in [3.8, 4) is 33.4 Å². The number of anilines is 3. The lowest BCUT2D eigenvalue weighted by molar-refractivity contribution is 0.669. The summed E-state index contributed by atoms with van der Waals surface area (Å²) in [5.74, 6) is 0. The molecule has 0 N–H and O–H groups in total. The van der Waals surface area contributed by atoms with Crippen molar-refractivity contribution >= 4 is 81.3 Å². The van der Waals surface area contributed by atoms with Gasteiger partial charge in [-0.2, -0.15) is 0 Å². The molecule has 11 aromatic rings. The summed E-state index contributed by atoms with van der Waals surface area (Å²) in [4.78, 5) is 2.36. The molecule has 0 aliphatic rings. The van der Waals surface area contributed by atoms with E-state index in [-0.39, 0.29) is 0 Å². The van der Waals surface area contributed by atoms with E-state index in [4.69, 9.17) is 4.42 Å². The Morgan fingerprint density at radius 3 is 1.82 bits per heavy atom. The Morgan fingerprint density at radius 1 is 0.364 bits per heavy atom. The number of benzene rings is 9. The van der Waals surface area contributed by atoms with Gasteiger partial charge in [-0.1, -0.05) is 146 Å². The van der Waals surface area contributed by atoms with Crippen molar-refractivity contribution < 1.29 is 4.42 Å². The van der Waals surface area contributed by atoms with Crippen molar-refractivity contribution in [2.24, 2.45) is 0 Å². The second-order valence-corrected chi connectivity index (χ2v) is 15.2. The van der Waals surface area contributed by atoms with Crippen LogP contribution in [0.2, 0.25) is 0 Å². The van der Waals surface area contributed by atoms with Crippen LogP contribution in [0.5, 0.6) is 0 Å². The third-order valence-corrected chi connectivity index (χ3v) is 12.0. The lowest BCUT2D eigenvalue weighted by Gasteiger charge is -2.28. The van der Waals surface area contributed by atoms with E-state index in [9.17, 15) is 0 Å². The van der Waals surface area contributed by atoms with Crippen LogP contribution >= 0.6 is 11.3 Å². The molecule has 9 aromatic carbocycles. The monoisotopic (exact) mass is 719 g/mol. The highest BCUT2D eigenvalue weighted by atomic mass is 32.1. The second-order valence-electron chi connectivity index (χ2n) is 14.1. The Bertz CT molecular complexity index is 3210. The van der Waals surface area contributed by atoms with Gasteiger partial charge in [-0.3, -0.25) is 0 Å². The maximum absolute atomic E-state index is 6.67. The van der Waals surface area contributed by atoms with Crippen molar-refractivity contribution in [2.75, 3.05) is 4.90 Å². The standard InChI is InChI=1S/C52H33NOS/c1-2-11-38-32-39(25-24-34(38)10-1)37-22-20-35(21-23-37)36-26-29-41(30-27-36)53(48-17-9-15-45-43-13-4-7-18-49(43)54-52(45)48)47-16-6-3-12-42(47)40-28-31-51-46(33-40)44-14-5-8-19-50(44)55-51/h1-33H. The normalized spacial score (nSPS) is 11.6. The lowest BCUT2D eigenvalue weighted by Crippen LogP contribution is -2.11. The number of nitrogens with zero attached hydrogens (tertiary/aromatic N) is 1. The SMILES string of the molecule is c1ccc(N(c2ccc(-c3ccc(-c4ccc5ccccc5c4)cc3)cc2)c2cccc3c2oc2ccccc23)c(-c2ccc3sc4ccccc4c3c2)c1. The zero-order chi connectivity index (χ0) is 36.3. The number of para-hydroxylation sites is 3. The highest BCUT2D eigenvalue weighted by Crippen LogP contribution is 2.46. The molecule has 0 amide bonds. The molecule has 258 valence electrons. The Kier molecular flexibility index (Phi) is 7.39. The first-order chi connectivity index (χ1) is 27.2. The largest absolute Gasteiger partial charge is 0.454 e. The third kappa shape index (κ3) is 5.40. The molecule has 0 aliphatic heterocycles. The summed E-state index contributed by atoms with van der Waals surface area (Å²) in [5.41, 5.74) is 12.0. The van der Waals surface area contributed by atoms with Crippen molar-refractivity contribution in [3.05, 3.63) is 200 Å². The van der Waals surface area contributed by atoms with Gasteiger partial charge in [-0.15, -0.1) is 11.3 Å². The molecule has 3 heteroatoms. The number of furan rings is 1. The van der Waals surface area contributed by atoms with Crippen LogP contribution in [0.4, 0.5) is 17.1 Å². The van der Waals surface area contributed by atoms with E-state index in [2.05, 4.69) is 199 Å². The minimum Gasteiger partial charge on any atom is -0.454 e. The van der Waals surface area contributed by atoms with E-state index < -0.39 is 0 Å². The highest BCUT2D eigenvalue weighted by molar-refractivity contribution is 7.25. The summed E-state index contributed by atoms with van der Waals surface area (Å²) in [6.07, 6.45) is 0. The van der Waals surface area contributed by atoms with Gasteiger partial charge in [0.15, 0.2) is 5.58 Å². The van der Waals surface area contributed by atoms with Gasteiger partial charge in [-0.25, -0.2) is 0 Å². The first-order valence-corrected chi connectivity index (χ1v) is 19.5. The Balaban J connectivity index is 1.03. The molecule has 0 saturated heterocycles. The highest BCUT2D eigenvalue weighted by Gasteiger charge is 2.22. The zero-order valence-electron chi connectivity index (χ0n) is 29.8. The number of thiophene rings is 1. The minimum atomic E-state index is 0.867. The minimum absolute atomic E-state index is 0.867. The molecule has 0 aliphatic carbocycles. The average Bonchev–Trinajstić information content (AvgIpc) is 3.83. The van der Waals surface area contributed by atoms with E-state index in [1.807, 2.05) is 17.4 Å². The summed E-state index contributed by atoms with van der Waals surface area (Å²) in [6.45, 7) is 0. The topological polar surface area (TPSA) is 16.4 Å². The smallest absolute Gasteiger partial charge is 0.159 e. The fourth-order valence-electron chi connectivity index (χ4n) is 8.15. The van der Waals surface area contributed by atoms with E-state index in [0.29, 0.717) is 0 Å². The molecule has 2 nitrogen and oxygen atoms in total. The van der Waals surface area contributed by atoms with Gasteiger partial charge in [-0.05, 0) is 93.2 Å². The van der Waals surface area contributed by atoms with E-state index in [1.165, 1.54) is 58.8 Å². The molecule has 11 rings (SSSR count). The van der Waals surface area contributed by atoms with Gasteiger partial charge in [0.25, 0.3) is 0 Å². The quantitative estimate of drug-likeness (QED) is 0.170. The fraction of sp³-hybridized carbons (Fsp3) is 0. The van der Waals surface area contributed by atoms with Gasteiger partial charge in [0.05, 0.1) is 11.4 Å². The van der Waals surface area contributed by atoms with Crippen molar-refractivity contribution in [1.82, 2.24) is 0 Å². The van der Waals surface area contributed by atoms with Crippen molar-refractivity contribution in [1.29, 1.82) is 0 Å². The first kappa shape index (κ1) is 31.6. The predicted molar refractivity (Wildman–Crippen MR) is 235 cm³/mol. The van der Waals surface area contributed by atoms with E-state index >= 15 is 0 Å². The van der Waals surface area contributed by atoms with Crippen LogP contribution in [0, 0.1) is 0 Å². The fourth-order valence-corrected chi connectivity index (χ4v) is 9.24. The second kappa shape index (κ2) is 12.9. The maximum Gasteiger partial charge on any atom is 0.159 e. The van der Waals surface area contributed by atoms with Crippen LogP contribution in [-0.4, -0.2) is 0 Å². The van der Waals surface area contributed by atoms with Gasteiger partial charge >= 0.3 is 0 Å². The molecule has 0 radical (unpaired) electrons. The van der Waals surface area contributed by atoms with Gasteiger partial charge in [0, 0.05) is 42.2 Å². The molecular formula is C52H33NOS. The summed E-state index contributed by atoms with van der Waals surface area (Å²) in [7, 11) is 0. The van der Waals surface area contributed by atoms with E-state index in [1.54, 1.807) is 0 Å². The summed E-state index contributed by atoms with van der Waals surface area (Å²) >= 11 is 1.85. The van der Waals surface area contributed by atoms with Crippen LogP contribution in [-0.2, 0) is 0 Å². The zero-order valence-corrected chi connectivity index (χ0v) is 30.6. The van der Waals surface area contributed by atoms with Crippen LogP contribution in [0.25, 0.3) is 86.3 Å². The van der Waals surface area contributed by atoms with Gasteiger partial charge in [0.1, 0.15) is 5.58 Å². The van der Waals surface area contributed by atoms with Crippen LogP contribution in [0.1, 0.15) is 0 Å². The molecule has 0 saturated carbocycles. The van der Waals surface area contributed by atoms with Crippen molar-refractivity contribution in [2.45, 2.75) is 0 Å². The molecule has 0 spiro atoms. The van der Waals surface area contributed by atoms with Gasteiger partial charge in [0.2, 0.25) is 0 Å². The summed E-state index contributed by atoms with van der Waals surface area (Å²) in [5, 5.41) is 7.31. The molecule has 0 unspecified atom stereocenters. The molecule has 2 heterocycles. The molecular weight excluding hydrogens is 687 g/mol. The molecule has 55 heavy (non-hydrogen) atoms. The number of rotatable bonds is 6. The van der Waals surface area contributed by atoms with E-state index in [0.717, 1.165) is 44.6 Å². The van der Waals surface area contributed by atoms with Crippen LogP contribution in [0.15, 0.2) is 205 Å². The predicted octanol–water partition coefficient (Wildman–Crippen LogP) is 15.6. The maximum atomic E-state index is 6.67. The molecule has 2 aromatic heterocycles. The number of fused-ring (bicyclic) bond motifs is 7.